The quantitative estimate of drug-likeness (QED) is 0.118. The number of nitrogens with two attached hydrogens (primary N) is 1. The molecule has 0 aliphatic carbocycles. The molecule has 0 bridgehead atoms. The van der Waals surface area contributed by atoms with E-state index in [-0.39, 0.29) is 23.8 Å². The predicted molar refractivity (Wildman–Crippen MR) is 108 cm³/mol. The molecule has 4 N–H and O–H groups in total. The first kappa shape index (κ1) is 23.2. The highest BCUT2D eigenvalue weighted by Gasteiger charge is 2.49. The molecule has 3 rings (SSSR count). The van der Waals surface area contributed by atoms with Gasteiger partial charge in [0.1, 0.15) is 18.9 Å². The second-order valence-electron chi connectivity index (χ2n) is 6.11. The van der Waals surface area contributed by atoms with Crippen molar-refractivity contribution in [1.29, 1.82) is 0 Å². The van der Waals surface area contributed by atoms with Crippen LogP contribution in [0.4, 0.5) is 5.95 Å². The van der Waals surface area contributed by atoms with Crippen molar-refractivity contribution in [2.24, 2.45) is 21.3 Å². The average molecular weight is 474 g/mol. The number of azide groups is 1. The predicted octanol–water partition coefficient (Wildman–Crippen LogP) is 1.29. The van der Waals surface area contributed by atoms with Gasteiger partial charge in [0.15, 0.2) is 17.4 Å². The smallest absolute Gasteiger partial charge is 0.324 e. The SMILES string of the molecule is CC[C@H]1O[C@@H](n2cnc3c(=O)[nH]c(N=NN)nc32)[C@@H](OCN=[N+]=[N-])C1OP(O)(=S)OC. The lowest BCUT2D eigenvalue weighted by atomic mass is 10.1. The summed E-state index contributed by atoms with van der Waals surface area (Å²) in [7, 11) is 1.22. The number of hydrogen-bond acceptors (Lipinski definition) is 11. The summed E-state index contributed by atoms with van der Waals surface area (Å²) in [5.74, 6) is 4.89. The van der Waals surface area contributed by atoms with Crippen LogP contribution in [0.5, 0.6) is 0 Å². The van der Waals surface area contributed by atoms with Crippen LogP contribution in [-0.4, -0.2) is 56.6 Å². The van der Waals surface area contributed by atoms with Crippen LogP contribution in [0.15, 0.2) is 26.6 Å². The van der Waals surface area contributed by atoms with E-state index in [1.165, 1.54) is 18.0 Å². The molecule has 16 nitrogen and oxygen atoms in total. The standard InChI is InChI=1S/C13H19N10O6PS/c1-3-6-8(29-30(25,31)26-2)9(27-5-17-21-14)12(28-6)23-4-16-7-10(23)18-13(20-22-15)19-11(7)24/h4,6,8-9,12H,3,5H2,1-2H3,(H,25,31)(H3,15,18,19,20,24)/t6-,8?,9+,12-,30?/m1/s1. The van der Waals surface area contributed by atoms with Crippen LogP contribution in [0.3, 0.4) is 0 Å². The number of fused-ring (bicyclic) bond motifs is 1. The number of aromatic nitrogens is 4. The van der Waals surface area contributed by atoms with Gasteiger partial charge in [-0.2, -0.15) is 4.98 Å². The first-order chi connectivity index (χ1) is 14.8. The molecule has 0 aromatic carbocycles. The molecular formula is C13H19N10O6PS. The molecule has 18 heteroatoms. The van der Waals surface area contributed by atoms with E-state index in [0.717, 1.165) is 0 Å². The Labute approximate surface area is 179 Å². The zero-order valence-corrected chi connectivity index (χ0v) is 18.0. The Morgan fingerprint density at radius 2 is 2.32 bits per heavy atom. The van der Waals surface area contributed by atoms with Crippen molar-refractivity contribution in [2.45, 2.75) is 37.9 Å². The number of aromatic amines is 1. The van der Waals surface area contributed by atoms with Gasteiger partial charge in [0.2, 0.25) is 0 Å². The van der Waals surface area contributed by atoms with E-state index in [4.69, 9.17) is 41.7 Å². The largest absolute Gasteiger partial charge is 0.365 e. The summed E-state index contributed by atoms with van der Waals surface area (Å²) in [6, 6.07) is 0. The molecular weight excluding hydrogens is 455 g/mol. The Kier molecular flexibility index (Phi) is 7.30. The first-order valence-corrected chi connectivity index (χ1v) is 11.4. The fraction of sp³-hybridized carbons (Fsp3) is 0.615. The highest BCUT2D eigenvalue weighted by Crippen LogP contribution is 2.49. The Hall–Kier alpha value is -2.49. The zero-order valence-electron chi connectivity index (χ0n) is 16.3. The second-order valence-corrected chi connectivity index (χ2v) is 9.01. The number of rotatable bonds is 9. The van der Waals surface area contributed by atoms with Crippen molar-refractivity contribution in [3.8, 4) is 0 Å². The molecule has 0 spiro atoms. The van der Waals surface area contributed by atoms with E-state index in [1.807, 2.05) is 6.92 Å². The molecule has 1 fully saturated rings. The highest BCUT2D eigenvalue weighted by atomic mass is 32.5. The Morgan fingerprint density at radius 1 is 1.55 bits per heavy atom. The maximum Gasteiger partial charge on any atom is 0.324 e. The molecule has 168 valence electrons. The summed E-state index contributed by atoms with van der Waals surface area (Å²) in [6.45, 7) is -2.12. The molecule has 0 saturated carbocycles. The number of imidazole rings is 1. The van der Waals surface area contributed by atoms with Crippen molar-refractivity contribution in [3.05, 3.63) is 27.1 Å². The lowest BCUT2D eigenvalue weighted by Gasteiger charge is -2.26. The fourth-order valence-electron chi connectivity index (χ4n) is 3.11. The van der Waals surface area contributed by atoms with Crippen molar-refractivity contribution < 1.29 is 23.4 Å². The average Bonchev–Trinajstić information content (AvgIpc) is 3.30. The van der Waals surface area contributed by atoms with Crippen LogP contribution in [0, 0.1) is 0 Å². The first-order valence-electron chi connectivity index (χ1n) is 8.77. The zero-order chi connectivity index (χ0) is 22.6. The molecule has 2 aromatic rings. The molecule has 31 heavy (non-hydrogen) atoms. The minimum Gasteiger partial charge on any atom is -0.365 e. The summed E-state index contributed by atoms with van der Waals surface area (Å²) in [4.78, 5) is 35.8. The maximum absolute atomic E-state index is 12.3. The summed E-state index contributed by atoms with van der Waals surface area (Å²) in [6.07, 6.45) is -1.56. The summed E-state index contributed by atoms with van der Waals surface area (Å²) >= 11 is 4.97. The third-order valence-corrected chi connectivity index (χ3v) is 6.08. The van der Waals surface area contributed by atoms with Crippen LogP contribution in [-0.2, 0) is 30.3 Å². The van der Waals surface area contributed by atoms with Crippen molar-refractivity contribution in [1.82, 2.24) is 19.5 Å². The van der Waals surface area contributed by atoms with Gasteiger partial charge in [-0.05, 0) is 23.8 Å². The fourth-order valence-corrected chi connectivity index (χ4v) is 4.06. The Bertz CT molecular complexity index is 1120. The van der Waals surface area contributed by atoms with Gasteiger partial charge in [0.25, 0.3) is 11.5 Å². The topological polar surface area (TPSA) is 220 Å². The molecule has 0 radical (unpaired) electrons. The van der Waals surface area contributed by atoms with Gasteiger partial charge in [-0.1, -0.05) is 22.4 Å². The molecule has 1 saturated heterocycles. The molecule has 2 unspecified atom stereocenters. The third-order valence-electron chi connectivity index (χ3n) is 4.41. The van der Waals surface area contributed by atoms with Gasteiger partial charge < -0.3 is 24.7 Å². The maximum atomic E-state index is 12.3. The van der Waals surface area contributed by atoms with Gasteiger partial charge in [0, 0.05) is 12.0 Å². The van der Waals surface area contributed by atoms with Crippen LogP contribution in [0.2, 0.25) is 0 Å². The molecule has 3 heterocycles. The van der Waals surface area contributed by atoms with Crippen molar-refractivity contribution >= 4 is 35.6 Å². The van der Waals surface area contributed by atoms with E-state index in [2.05, 4.69) is 35.3 Å². The third kappa shape index (κ3) is 4.89. The highest BCUT2D eigenvalue weighted by molar-refractivity contribution is 8.07. The monoisotopic (exact) mass is 474 g/mol. The summed E-state index contributed by atoms with van der Waals surface area (Å²) in [5, 5.41) is 10.0. The van der Waals surface area contributed by atoms with E-state index in [9.17, 15) is 9.69 Å². The molecule has 2 aromatic heterocycles. The van der Waals surface area contributed by atoms with Crippen molar-refractivity contribution in [3.63, 3.8) is 0 Å². The van der Waals surface area contributed by atoms with E-state index >= 15 is 0 Å². The number of hydrogen-bond donors (Lipinski definition) is 3. The molecule has 1 aliphatic heterocycles. The molecule has 5 atom stereocenters. The van der Waals surface area contributed by atoms with Crippen LogP contribution in [0.1, 0.15) is 19.6 Å². The van der Waals surface area contributed by atoms with E-state index in [0.29, 0.717) is 6.42 Å². The second kappa shape index (κ2) is 9.76. The van der Waals surface area contributed by atoms with Crippen LogP contribution in [0.25, 0.3) is 21.6 Å². The van der Waals surface area contributed by atoms with Gasteiger partial charge in [-0.3, -0.25) is 18.9 Å². The van der Waals surface area contributed by atoms with Gasteiger partial charge in [-0.25, -0.2) is 4.98 Å². The number of ether oxygens (including phenoxy) is 2. The van der Waals surface area contributed by atoms with Gasteiger partial charge >= 0.3 is 6.72 Å². The van der Waals surface area contributed by atoms with Gasteiger partial charge in [-0.15, -0.1) is 0 Å². The minimum atomic E-state index is -3.59. The number of H-pyrrole nitrogens is 1. The number of nitrogens with zero attached hydrogens (tertiary/aromatic N) is 8. The van der Waals surface area contributed by atoms with E-state index < -0.39 is 36.8 Å². The lowest BCUT2D eigenvalue weighted by molar-refractivity contribution is -0.0642. The summed E-state index contributed by atoms with van der Waals surface area (Å²) < 4.78 is 23.7. The lowest BCUT2D eigenvalue weighted by Crippen LogP contribution is -2.36. The minimum absolute atomic E-state index is 0.00921. The molecule has 1 aliphatic rings. The van der Waals surface area contributed by atoms with E-state index in [1.54, 1.807) is 0 Å². The Morgan fingerprint density at radius 3 is 2.97 bits per heavy atom. The normalized spacial score (nSPS) is 25.6. The van der Waals surface area contributed by atoms with Crippen LogP contribution >= 0.6 is 6.72 Å². The number of nitrogens with one attached hydrogen (secondary N) is 1. The van der Waals surface area contributed by atoms with Gasteiger partial charge in [0.05, 0.1) is 12.4 Å². The van der Waals surface area contributed by atoms with Crippen LogP contribution < -0.4 is 11.4 Å². The molecule has 0 amide bonds. The Balaban J connectivity index is 2.08. The van der Waals surface area contributed by atoms with Crippen molar-refractivity contribution in [2.75, 3.05) is 13.8 Å². The summed E-state index contributed by atoms with van der Waals surface area (Å²) in [5.41, 5.74) is 8.13.